The molecule has 9 heteroatoms. The second-order valence-corrected chi connectivity index (χ2v) is 7.75. The zero-order valence-corrected chi connectivity index (χ0v) is 17.0. The van der Waals surface area contributed by atoms with Crippen molar-refractivity contribution in [2.24, 2.45) is 15.7 Å². The minimum Gasteiger partial charge on any atom is -0.490 e. The Morgan fingerprint density at radius 1 is 1.45 bits per heavy atom. The lowest BCUT2D eigenvalue weighted by molar-refractivity contribution is 0.301. The Hall–Kier alpha value is -2.91. The molecule has 7 nitrogen and oxygen atoms in total. The number of hydrogen-bond acceptors (Lipinski definition) is 5. The highest BCUT2D eigenvalue weighted by Crippen LogP contribution is 2.33. The number of H-pyrrole nitrogens is 1. The minimum atomic E-state index is -0.323. The summed E-state index contributed by atoms with van der Waals surface area (Å²) in [5, 5.41) is 1.50. The van der Waals surface area contributed by atoms with Gasteiger partial charge in [-0.05, 0) is 48.7 Å². The van der Waals surface area contributed by atoms with Gasteiger partial charge in [-0.15, -0.1) is 0 Å². The van der Waals surface area contributed by atoms with Crippen LogP contribution < -0.4 is 10.5 Å². The average Bonchev–Trinajstić information content (AvgIpc) is 2.99. The molecule has 0 aliphatic carbocycles. The van der Waals surface area contributed by atoms with Gasteiger partial charge in [-0.25, -0.2) is 13.7 Å². The van der Waals surface area contributed by atoms with Crippen LogP contribution in [0.2, 0.25) is 0 Å². The summed E-state index contributed by atoms with van der Waals surface area (Å²) in [5.74, 6) is 0.781. The predicted octanol–water partition coefficient (Wildman–Crippen LogP) is 3.28. The Balaban J connectivity index is 1.68. The van der Waals surface area contributed by atoms with Crippen LogP contribution in [0.4, 0.5) is 4.39 Å². The molecule has 4 rings (SSSR count). The molecule has 0 radical (unpaired) electrons. The third kappa shape index (κ3) is 3.96. The lowest BCUT2D eigenvalue weighted by Gasteiger charge is -2.16. The first-order chi connectivity index (χ1) is 14.1. The van der Waals surface area contributed by atoms with Gasteiger partial charge in [0.25, 0.3) is 0 Å². The number of ether oxygens (including phenoxy) is 1. The lowest BCUT2D eigenvalue weighted by atomic mass is 10.0. The number of aliphatic imine (C=N–C) groups is 2. The maximum atomic E-state index is 14.6. The van der Waals surface area contributed by atoms with E-state index in [1.165, 1.54) is 24.4 Å². The summed E-state index contributed by atoms with van der Waals surface area (Å²) in [6.07, 6.45) is 3.14. The number of fused-ring (bicyclic) bond motifs is 2. The molecule has 0 bridgehead atoms. The fourth-order valence-electron chi connectivity index (χ4n) is 3.33. The van der Waals surface area contributed by atoms with Crippen molar-refractivity contribution in [3.8, 4) is 5.75 Å². The number of aromatic amines is 1. The smallest absolute Gasteiger partial charge is 0.147 e. The molecule has 0 atom stereocenters. The summed E-state index contributed by atoms with van der Waals surface area (Å²) in [7, 11) is 1.62. The minimum absolute atomic E-state index is 0.301. The van der Waals surface area contributed by atoms with Crippen molar-refractivity contribution in [2.75, 3.05) is 20.2 Å². The SMILES string of the molecule is CN=CN=C(N)c1c(C)cc(F)c2[nH]c(SN3CCOc4cccnc4C3)cc12. The largest absolute Gasteiger partial charge is 0.490 e. The van der Waals surface area contributed by atoms with E-state index in [0.29, 0.717) is 42.0 Å². The average molecular weight is 412 g/mol. The molecular weight excluding hydrogens is 391 g/mol. The first-order valence-corrected chi connectivity index (χ1v) is 9.90. The summed E-state index contributed by atoms with van der Waals surface area (Å²) in [5.41, 5.74) is 8.86. The van der Waals surface area contributed by atoms with E-state index in [9.17, 15) is 4.39 Å². The van der Waals surface area contributed by atoms with Crippen LogP contribution in [0.1, 0.15) is 16.8 Å². The highest BCUT2D eigenvalue weighted by molar-refractivity contribution is 7.97. The molecule has 29 heavy (non-hydrogen) atoms. The number of nitrogens with zero attached hydrogens (tertiary/aromatic N) is 4. The van der Waals surface area contributed by atoms with Crippen LogP contribution in [0.15, 0.2) is 45.5 Å². The molecule has 1 aliphatic heterocycles. The molecule has 3 heterocycles. The van der Waals surface area contributed by atoms with Crippen molar-refractivity contribution >= 4 is 35.0 Å². The summed E-state index contributed by atoms with van der Waals surface area (Å²) < 4.78 is 22.5. The molecule has 2 aromatic heterocycles. The fraction of sp³-hybridized carbons (Fsp3) is 0.250. The van der Waals surface area contributed by atoms with E-state index >= 15 is 0 Å². The Kier molecular flexibility index (Phi) is 5.50. The molecule has 0 spiro atoms. The molecule has 0 unspecified atom stereocenters. The van der Waals surface area contributed by atoms with Gasteiger partial charge in [0, 0.05) is 30.7 Å². The number of nitrogens with one attached hydrogen (secondary N) is 1. The van der Waals surface area contributed by atoms with Crippen LogP contribution >= 0.6 is 11.9 Å². The second kappa shape index (κ2) is 8.22. The summed E-state index contributed by atoms with van der Waals surface area (Å²) >= 11 is 1.50. The number of pyridine rings is 1. The van der Waals surface area contributed by atoms with Gasteiger partial charge in [0.05, 0.1) is 22.8 Å². The van der Waals surface area contributed by atoms with E-state index in [-0.39, 0.29) is 5.82 Å². The van der Waals surface area contributed by atoms with Gasteiger partial charge in [-0.1, -0.05) is 0 Å². The Bertz CT molecular complexity index is 1110. The van der Waals surface area contributed by atoms with E-state index in [1.807, 2.05) is 25.1 Å². The second-order valence-electron chi connectivity index (χ2n) is 6.61. The van der Waals surface area contributed by atoms with Crippen LogP contribution in [0, 0.1) is 12.7 Å². The normalized spacial score (nSPS) is 15.5. The number of nitrogens with two attached hydrogens (primary N) is 1. The number of rotatable bonds is 4. The van der Waals surface area contributed by atoms with Crippen molar-refractivity contribution in [3.05, 3.63) is 53.1 Å². The lowest BCUT2D eigenvalue weighted by Crippen LogP contribution is -2.18. The monoisotopic (exact) mass is 412 g/mol. The summed E-state index contributed by atoms with van der Waals surface area (Å²) in [6.45, 7) is 3.71. The molecule has 0 fully saturated rings. The quantitative estimate of drug-likeness (QED) is 0.390. The maximum Gasteiger partial charge on any atom is 0.147 e. The Morgan fingerprint density at radius 2 is 2.31 bits per heavy atom. The van der Waals surface area contributed by atoms with Crippen LogP contribution in [-0.2, 0) is 6.54 Å². The van der Waals surface area contributed by atoms with E-state index in [0.717, 1.165) is 22.0 Å². The van der Waals surface area contributed by atoms with Gasteiger partial charge >= 0.3 is 0 Å². The third-order valence-electron chi connectivity index (χ3n) is 4.61. The van der Waals surface area contributed by atoms with Crippen molar-refractivity contribution in [2.45, 2.75) is 18.5 Å². The zero-order valence-electron chi connectivity index (χ0n) is 16.1. The summed E-state index contributed by atoms with van der Waals surface area (Å²) in [6, 6.07) is 7.16. The summed E-state index contributed by atoms with van der Waals surface area (Å²) in [4.78, 5) is 15.6. The van der Waals surface area contributed by atoms with Crippen LogP contribution in [0.3, 0.4) is 0 Å². The van der Waals surface area contributed by atoms with Gasteiger partial charge in [0.2, 0.25) is 0 Å². The third-order valence-corrected chi connectivity index (χ3v) is 5.59. The van der Waals surface area contributed by atoms with Crippen LogP contribution in [0.25, 0.3) is 10.9 Å². The van der Waals surface area contributed by atoms with Gasteiger partial charge in [-0.3, -0.25) is 9.98 Å². The first kappa shape index (κ1) is 19.4. The van der Waals surface area contributed by atoms with Gasteiger partial charge in [-0.2, -0.15) is 0 Å². The first-order valence-electron chi connectivity index (χ1n) is 9.12. The fourth-order valence-corrected chi connectivity index (χ4v) is 4.28. The van der Waals surface area contributed by atoms with Crippen molar-refractivity contribution in [3.63, 3.8) is 0 Å². The highest BCUT2D eigenvalue weighted by atomic mass is 32.2. The van der Waals surface area contributed by atoms with E-state index in [4.69, 9.17) is 10.5 Å². The predicted molar refractivity (Wildman–Crippen MR) is 114 cm³/mol. The molecule has 3 N–H and O–H groups in total. The van der Waals surface area contributed by atoms with Gasteiger partial charge in [0.1, 0.15) is 30.3 Å². The number of amidine groups is 1. The molecule has 1 aliphatic rings. The molecule has 150 valence electrons. The van der Waals surface area contributed by atoms with Crippen molar-refractivity contribution in [1.29, 1.82) is 0 Å². The van der Waals surface area contributed by atoms with Crippen molar-refractivity contribution in [1.82, 2.24) is 14.3 Å². The molecule has 0 amide bonds. The Labute approximate surface area is 172 Å². The number of hydrogen-bond donors (Lipinski definition) is 2. The molecule has 0 saturated carbocycles. The Morgan fingerprint density at radius 3 is 3.14 bits per heavy atom. The molecule has 0 saturated heterocycles. The van der Waals surface area contributed by atoms with E-state index in [1.54, 1.807) is 13.2 Å². The number of aromatic nitrogens is 2. The molecule has 1 aromatic carbocycles. The van der Waals surface area contributed by atoms with Crippen LogP contribution in [-0.4, -0.2) is 46.6 Å². The standard InChI is InChI=1S/C20H21FN6OS/c1-12-8-14(21)19-13(18(12)20(22)25-11-23-2)9-17(26-19)29-27-6-7-28-16-4-3-5-24-15(16)10-27/h3-5,8-9,11,26H,6-7,10H2,1-2H3,(H2,22,23,25). The topological polar surface area (TPSA) is 91.9 Å². The number of halogens is 1. The molecular formula is C20H21FN6OS. The van der Waals surface area contributed by atoms with E-state index < -0.39 is 0 Å². The highest BCUT2D eigenvalue weighted by Gasteiger charge is 2.20. The van der Waals surface area contributed by atoms with Gasteiger partial charge in [0.15, 0.2) is 0 Å². The number of benzene rings is 1. The van der Waals surface area contributed by atoms with E-state index in [2.05, 4.69) is 24.3 Å². The van der Waals surface area contributed by atoms with Gasteiger partial charge < -0.3 is 15.5 Å². The zero-order chi connectivity index (χ0) is 20.4. The van der Waals surface area contributed by atoms with Crippen molar-refractivity contribution < 1.29 is 9.13 Å². The maximum absolute atomic E-state index is 14.6. The van der Waals surface area contributed by atoms with Crippen LogP contribution in [0.5, 0.6) is 5.75 Å². The molecule has 3 aromatic rings. The number of aryl methyl sites for hydroxylation is 1.